The van der Waals surface area contributed by atoms with Gasteiger partial charge in [0, 0.05) is 49.5 Å². The summed E-state index contributed by atoms with van der Waals surface area (Å²) >= 11 is 1.71. The topological polar surface area (TPSA) is 102 Å². The van der Waals surface area contributed by atoms with Crippen LogP contribution in [0.15, 0.2) is 24.0 Å². The number of fused-ring (bicyclic) bond motifs is 1. The lowest BCUT2D eigenvalue weighted by Gasteiger charge is -2.23. The number of thiazole rings is 1. The summed E-state index contributed by atoms with van der Waals surface area (Å²) in [6, 6.07) is 0. The van der Waals surface area contributed by atoms with Crippen molar-refractivity contribution in [2.75, 3.05) is 6.54 Å². The first-order valence-corrected chi connectivity index (χ1v) is 10.3. The average molecular weight is 457 g/mol. The van der Waals surface area contributed by atoms with E-state index >= 15 is 0 Å². The first-order valence-electron chi connectivity index (χ1n) is 9.40. The fraction of sp³-hybridized carbons (Fsp3) is 0.500. The number of aliphatic carboxylic acids is 1. The van der Waals surface area contributed by atoms with Gasteiger partial charge in [-0.15, -0.1) is 11.3 Å². The van der Waals surface area contributed by atoms with Gasteiger partial charge in [0.2, 0.25) is 0 Å². The third kappa shape index (κ3) is 6.34. The molecule has 0 spiro atoms. The summed E-state index contributed by atoms with van der Waals surface area (Å²) in [6.07, 6.45) is 0.761. The van der Waals surface area contributed by atoms with Crippen molar-refractivity contribution in [3.05, 3.63) is 46.5 Å². The Labute approximate surface area is 180 Å². The van der Waals surface area contributed by atoms with Crippen LogP contribution in [0.3, 0.4) is 0 Å². The zero-order valence-electron chi connectivity index (χ0n) is 17.0. The first-order chi connectivity index (χ1) is 14.6. The molecule has 1 N–H and O–H groups in total. The van der Waals surface area contributed by atoms with Crippen molar-refractivity contribution >= 4 is 17.3 Å². The Morgan fingerprint density at radius 3 is 2.58 bits per heavy atom. The Kier molecular flexibility index (Phi) is 7.05. The molecule has 168 valence electrons. The van der Waals surface area contributed by atoms with E-state index in [0.717, 1.165) is 55.2 Å². The van der Waals surface area contributed by atoms with Crippen LogP contribution in [0.5, 0.6) is 0 Å². The van der Waals surface area contributed by atoms with Gasteiger partial charge in [-0.2, -0.15) is 18.3 Å². The molecular weight excluding hydrogens is 435 g/mol. The second kappa shape index (κ2) is 9.56. The molecule has 31 heavy (non-hydrogen) atoms. The molecule has 1 unspecified atom stereocenters. The summed E-state index contributed by atoms with van der Waals surface area (Å²) < 4.78 is 36.0. The number of nitrogens with zero attached hydrogens (tertiary/aromatic N) is 7. The van der Waals surface area contributed by atoms with E-state index in [-0.39, 0.29) is 0 Å². The molecule has 0 radical (unpaired) electrons. The summed E-state index contributed by atoms with van der Waals surface area (Å²) in [4.78, 5) is 24.7. The standard InChI is InChI=1S/C16H21N7S.C2HF3O2/c1-12-19-13(2)23(20-12)9-14-7-21(11-16-18-4-6-24-16)10-15-17-3-5-22(15)8-14;3-2(4,5)1(6)7/h3-6,14H,7-11H2,1-2H3;(H,6,7). The molecule has 1 aliphatic heterocycles. The number of carboxylic acids is 1. The maximum Gasteiger partial charge on any atom is 0.490 e. The van der Waals surface area contributed by atoms with Crippen molar-refractivity contribution in [2.45, 2.75) is 46.2 Å². The summed E-state index contributed by atoms with van der Waals surface area (Å²) in [6.45, 7) is 8.53. The summed E-state index contributed by atoms with van der Waals surface area (Å²) in [7, 11) is 0. The highest BCUT2D eigenvalue weighted by molar-refractivity contribution is 7.09. The molecule has 3 aromatic rings. The predicted octanol–water partition coefficient (Wildman–Crippen LogP) is 2.51. The van der Waals surface area contributed by atoms with Crippen LogP contribution in [0.1, 0.15) is 22.5 Å². The Hall–Kier alpha value is -2.80. The smallest absolute Gasteiger partial charge is 0.475 e. The quantitative estimate of drug-likeness (QED) is 0.642. The molecule has 0 fully saturated rings. The number of carbonyl (C=O) groups is 1. The van der Waals surface area contributed by atoms with Crippen molar-refractivity contribution in [1.82, 2.24) is 34.2 Å². The minimum atomic E-state index is -5.08. The van der Waals surface area contributed by atoms with Gasteiger partial charge in [-0.05, 0) is 13.8 Å². The molecule has 1 atom stereocenters. The second-order valence-electron chi connectivity index (χ2n) is 7.15. The number of alkyl halides is 3. The van der Waals surface area contributed by atoms with Gasteiger partial charge in [0.05, 0.1) is 13.1 Å². The largest absolute Gasteiger partial charge is 0.490 e. The van der Waals surface area contributed by atoms with E-state index in [9.17, 15) is 13.2 Å². The van der Waals surface area contributed by atoms with Crippen molar-refractivity contribution in [2.24, 2.45) is 5.92 Å². The van der Waals surface area contributed by atoms with E-state index < -0.39 is 12.1 Å². The van der Waals surface area contributed by atoms with Gasteiger partial charge in [0.25, 0.3) is 0 Å². The lowest BCUT2D eigenvalue weighted by atomic mass is 10.1. The van der Waals surface area contributed by atoms with E-state index in [2.05, 4.69) is 35.7 Å². The molecule has 1 aliphatic rings. The highest BCUT2D eigenvalue weighted by Crippen LogP contribution is 2.20. The number of carboxylic acid groups (broad SMARTS) is 1. The number of hydrogen-bond donors (Lipinski definition) is 1. The number of aromatic nitrogens is 6. The molecule has 9 nitrogen and oxygen atoms in total. The van der Waals surface area contributed by atoms with Gasteiger partial charge >= 0.3 is 12.1 Å². The first kappa shape index (κ1) is 22.9. The molecular formula is C18H22F3N7O2S. The van der Waals surface area contributed by atoms with Crippen LogP contribution in [-0.4, -0.2) is 58.0 Å². The van der Waals surface area contributed by atoms with Gasteiger partial charge < -0.3 is 9.67 Å². The number of aryl methyl sites for hydroxylation is 2. The zero-order valence-corrected chi connectivity index (χ0v) is 17.8. The van der Waals surface area contributed by atoms with Crippen molar-refractivity contribution in [3.63, 3.8) is 0 Å². The fourth-order valence-electron chi connectivity index (χ4n) is 3.36. The lowest BCUT2D eigenvalue weighted by Crippen LogP contribution is -2.30. The van der Waals surface area contributed by atoms with E-state index in [1.807, 2.05) is 36.3 Å². The average Bonchev–Trinajstić information content (AvgIpc) is 3.37. The van der Waals surface area contributed by atoms with Gasteiger partial charge in [-0.3, -0.25) is 4.90 Å². The zero-order chi connectivity index (χ0) is 22.6. The van der Waals surface area contributed by atoms with Gasteiger partial charge in [-0.25, -0.2) is 24.4 Å². The second-order valence-corrected chi connectivity index (χ2v) is 8.13. The molecule has 13 heteroatoms. The molecule has 0 amide bonds. The number of hydrogen-bond acceptors (Lipinski definition) is 7. The maximum atomic E-state index is 10.6. The Bertz CT molecular complexity index is 1000. The van der Waals surface area contributed by atoms with Crippen LogP contribution in [0.4, 0.5) is 13.2 Å². The van der Waals surface area contributed by atoms with Gasteiger partial charge in [-0.1, -0.05) is 0 Å². The highest BCUT2D eigenvalue weighted by atomic mass is 32.1. The molecule has 0 bridgehead atoms. The molecule has 0 aliphatic carbocycles. The predicted molar refractivity (Wildman–Crippen MR) is 105 cm³/mol. The number of imidazole rings is 1. The van der Waals surface area contributed by atoms with Crippen molar-refractivity contribution in [1.29, 1.82) is 0 Å². The minimum absolute atomic E-state index is 0.459. The monoisotopic (exact) mass is 457 g/mol. The van der Waals surface area contributed by atoms with E-state index in [1.54, 1.807) is 11.3 Å². The number of halogens is 3. The van der Waals surface area contributed by atoms with Gasteiger partial charge in [0.1, 0.15) is 22.5 Å². The molecule has 3 aromatic heterocycles. The summed E-state index contributed by atoms with van der Waals surface area (Å²) in [5, 5.41) is 14.8. The fourth-order valence-corrected chi connectivity index (χ4v) is 4.02. The van der Waals surface area contributed by atoms with Crippen LogP contribution in [0.2, 0.25) is 0 Å². The maximum absolute atomic E-state index is 10.6. The van der Waals surface area contributed by atoms with Crippen molar-refractivity contribution < 1.29 is 23.1 Å². The third-order valence-electron chi connectivity index (χ3n) is 4.62. The molecule has 4 rings (SSSR count). The molecule has 0 saturated heterocycles. The Balaban J connectivity index is 0.000000339. The van der Waals surface area contributed by atoms with Crippen LogP contribution in [0, 0.1) is 19.8 Å². The molecule has 4 heterocycles. The van der Waals surface area contributed by atoms with Crippen LogP contribution < -0.4 is 0 Å². The highest BCUT2D eigenvalue weighted by Gasteiger charge is 2.38. The van der Waals surface area contributed by atoms with Crippen LogP contribution in [-0.2, 0) is 31.0 Å². The Morgan fingerprint density at radius 2 is 2.00 bits per heavy atom. The van der Waals surface area contributed by atoms with Gasteiger partial charge in [0.15, 0.2) is 0 Å². The minimum Gasteiger partial charge on any atom is -0.475 e. The van der Waals surface area contributed by atoms with Crippen LogP contribution in [0.25, 0.3) is 0 Å². The summed E-state index contributed by atoms with van der Waals surface area (Å²) in [5.74, 6) is 0.645. The SMILES string of the molecule is Cc1nc(C)n(CC2CN(Cc3nccs3)Cc3nccn3C2)n1.O=C(O)C(F)(F)F. The van der Waals surface area contributed by atoms with Crippen LogP contribution >= 0.6 is 11.3 Å². The van der Waals surface area contributed by atoms with E-state index in [0.29, 0.717) is 5.92 Å². The molecule has 0 aromatic carbocycles. The normalized spacial score (nSPS) is 16.9. The molecule has 0 saturated carbocycles. The van der Waals surface area contributed by atoms with Crippen molar-refractivity contribution in [3.8, 4) is 0 Å². The summed E-state index contributed by atoms with van der Waals surface area (Å²) in [5.41, 5.74) is 0. The number of rotatable bonds is 4. The lowest BCUT2D eigenvalue weighted by molar-refractivity contribution is -0.192. The Morgan fingerprint density at radius 1 is 1.26 bits per heavy atom. The van der Waals surface area contributed by atoms with E-state index in [1.165, 1.54) is 0 Å². The third-order valence-corrected chi connectivity index (χ3v) is 5.38. The van der Waals surface area contributed by atoms with E-state index in [4.69, 9.17) is 9.90 Å².